The summed E-state index contributed by atoms with van der Waals surface area (Å²) in [6.07, 6.45) is 4.00. The Balaban J connectivity index is 1.51. The summed E-state index contributed by atoms with van der Waals surface area (Å²) in [7, 11) is -0.540. The van der Waals surface area contributed by atoms with Crippen LogP contribution in [0, 0.1) is 5.63 Å². The second-order valence-corrected chi connectivity index (χ2v) is 10.7. The van der Waals surface area contributed by atoms with Gasteiger partial charge in [0.1, 0.15) is 0 Å². The molecule has 2 atom stereocenters. The number of benzene rings is 1. The van der Waals surface area contributed by atoms with Gasteiger partial charge in [0.25, 0.3) is 0 Å². The van der Waals surface area contributed by atoms with Crippen molar-refractivity contribution in [2.45, 2.75) is 51.1 Å². The average molecular weight is 597 g/mol. The molecule has 1 aromatic carbocycles. The van der Waals surface area contributed by atoms with Gasteiger partial charge in [0, 0.05) is 0 Å². The molecular formula is C29H37N6O6P. The summed E-state index contributed by atoms with van der Waals surface area (Å²) >= 11 is 0. The van der Waals surface area contributed by atoms with E-state index in [1.807, 2.05) is 42.2 Å². The predicted molar refractivity (Wildman–Crippen MR) is 157 cm³/mol. The zero-order valence-corrected chi connectivity index (χ0v) is 24.7. The monoisotopic (exact) mass is 596 g/mol. The summed E-state index contributed by atoms with van der Waals surface area (Å²) in [5, 5.41) is 12.6. The summed E-state index contributed by atoms with van der Waals surface area (Å²) in [6.45, 7) is 4.03. The number of unbranched alkanes of at least 4 members (excludes halogenated alkanes) is 1. The molecule has 0 saturated carbocycles. The molecule has 0 bridgehead atoms. The molecule has 2 saturated heterocycles. The zero-order chi connectivity index (χ0) is 29.9. The molecule has 4 rings (SSSR count). The molecule has 2 fully saturated rings. The van der Waals surface area contributed by atoms with Gasteiger partial charge in [0.2, 0.25) is 0 Å². The minimum absolute atomic E-state index is 0.0305. The molecule has 2 aromatic rings. The first-order chi connectivity index (χ1) is 20.4. The summed E-state index contributed by atoms with van der Waals surface area (Å²) < 4.78 is 16.8. The second kappa shape index (κ2) is 15.5. The number of hydrogen-bond acceptors (Lipinski definition) is 9. The van der Waals surface area contributed by atoms with E-state index < -0.39 is 31.9 Å². The van der Waals surface area contributed by atoms with E-state index in [0.717, 1.165) is 32.1 Å². The molecule has 1 aromatic heterocycles. The number of piperazine rings is 1. The number of aliphatic hydroxyl groups is 1. The minimum atomic E-state index is -1.29. The average Bonchev–Trinajstić information content (AvgIpc) is 3.04. The Morgan fingerprint density at radius 3 is 2.52 bits per heavy atom. The fourth-order valence-electron chi connectivity index (χ4n) is 5.00. The molecule has 12 nitrogen and oxygen atoms in total. The molecule has 42 heavy (non-hydrogen) atoms. The Labute approximate surface area is 246 Å². The third-order valence-electron chi connectivity index (χ3n) is 7.39. The van der Waals surface area contributed by atoms with Crippen LogP contribution in [0.25, 0.3) is 11.4 Å². The number of hydrogen-bond donors (Lipinski definition) is 2. The number of carbonyl (C=O) groups is 3. The molecule has 0 radical (unpaired) electrons. The SMILES string of the molecule is CCCCOC(=O)N1CCN(C(=O)[C@H](C#P=O)NC(=O)c2cc(N3CCCCC3CO)nc(-c3ccccc3)n2)CC1. The van der Waals surface area contributed by atoms with Crippen molar-refractivity contribution in [2.75, 3.05) is 50.8 Å². The van der Waals surface area contributed by atoms with Crippen molar-refractivity contribution in [1.82, 2.24) is 25.1 Å². The predicted octanol–water partition coefficient (Wildman–Crippen LogP) is 2.93. The summed E-state index contributed by atoms with van der Waals surface area (Å²) in [6, 6.07) is 9.36. The fraction of sp³-hybridized carbons (Fsp3) is 0.517. The third-order valence-corrected chi connectivity index (χ3v) is 7.75. The van der Waals surface area contributed by atoms with E-state index in [1.54, 1.807) is 11.0 Å². The molecule has 1 unspecified atom stereocenters. The Bertz CT molecular complexity index is 1350. The third kappa shape index (κ3) is 7.97. The van der Waals surface area contributed by atoms with Gasteiger partial charge < -0.3 is 0 Å². The number of rotatable bonds is 9. The van der Waals surface area contributed by atoms with Crippen LogP contribution < -0.4 is 10.2 Å². The number of ether oxygens (including phenoxy) is 1. The maximum atomic E-state index is 13.5. The first-order valence-corrected chi connectivity index (χ1v) is 15.2. The topological polar surface area (TPSA) is 145 Å². The fourth-order valence-corrected chi connectivity index (χ4v) is 5.28. The van der Waals surface area contributed by atoms with Gasteiger partial charge in [-0.1, -0.05) is 6.92 Å². The van der Waals surface area contributed by atoms with Crippen LogP contribution in [-0.4, -0.2) is 101 Å². The quantitative estimate of drug-likeness (QED) is 0.330. The molecule has 224 valence electrons. The second-order valence-electron chi connectivity index (χ2n) is 10.2. The maximum absolute atomic E-state index is 13.5. The van der Waals surface area contributed by atoms with Crippen molar-refractivity contribution in [2.24, 2.45) is 0 Å². The number of nitrogens with one attached hydrogen (secondary N) is 1. The number of aliphatic hydroxyl groups excluding tert-OH is 1. The first kappa shape index (κ1) is 31.2. The normalized spacial score (nSPS) is 17.7. The van der Waals surface area contributed by atoms with Crippen molar-refractivity contribution in [3.63, 3.8) is 0 Å². The first-order valence-electron chi connectivity index (χ1n) is 14.4. The molecular weight excluding hydrogens is 559 g/mol. The Morgan fingerprint density at radius 2 is 1.83 bits per heavy atom. The van der Waals surface area contributed by atoms with Gasteiger partial charge in [-0.2, -0.15) is 0 Å². The number of piperidine rings is 1. The van der Waals surface area contributed by atoms with Gasteiger partial charge in [0.15, 0.2) is 0 Å². The van der Waals surface area contributed by atoms with E-state index in [-0.39, 0.29) is 44.5 Å². The van der Waals surface area contributed by atoms with Crippen LogP contribution >= 0.6 is 7.92 Å². The number of aromatic nitrogens is 2. The number of anilines is 1. The van der Waals surface area contributed by atoms with E-state index in [4.69, 9.17) is 9.72 Å². The Kier molecular flexibility index (Phi) is 11.5. The van der Waals surface area contributed by atoms with Gasteiger partial charge in [-0.3, -0.25) is 0 Å². The molecule has 3 amide bonds. The number of carbonyl (C=O) groups excluding carboxylic acids is 3. The summed E-state index contributed by atoms with van der Waals surface area (Å²) in [4.78, 5) is 53.3. The van der Waals surface area contributed by atoms with E-state index >= 15 is 0 Å². The van der Waals surface area contributed by atoms with E-state index in [9.17, 15) is 24.1 Å². The molecule has 0 spiro atoms. The van der Waals surface area contributed by atoms with E-state index in [0.29, 0.717) is 30.4 Å². The van der Waals surface area contributed by atoms with Crippen LogP contribution in [0.3, 0.4) is 0 Å². The van der Waals surface area contributed by atoms with Gasteiger partial charge in [-0.15, -0.1) is 0 Å². The van der Waals surface area contributed by atoms with Crippen LogP contribution in [0.15, 0.2) is 36.4 Å². The van der Waals surface area contributed by atoms with Crippen molar-refractivity contribution in [3.8, 4) is 17.0 Å². The summed E-state index contributed by atoms with van der Waals surface area (Å²) in [5.41, 5.74) is 3.23. The number of amides is 3. The Morgan fingerprint density at radius 1 is 1.10 bits per heavy atom. The summed E-state index contributed by atoms with van der Waals surface area (Å²) in [5.74, 6) is -0.298. The van der Waals surface area contributed by atoms with Crippen LogP contribution in [0.4, 0.5) is 10.6 Å². The zero-order valence-electron chi connectivity index (χ0n) is 23.8. The molecule has 2 aliphatic heterocycles. The van der Waals surface area contributed by atoms with E-state index in [1.165, 1.54) is 4.90 Å². The molecule has 3 heterocycles. The Hall–Kier alpha value is -3.72. The van der Waals surface area contributed by atoms with Gasteiger partial charge >= 0.3 is 240 Å². The molecule has 2 N–H and O–H groups in total. The van der Waals surface area contributed by atoms with Crippen LogP contribution in [0.1, 0.15) is 49.5 Å². The van der Waals surface area contributed by atoms with Crippen LogP contribution in [0.2, 0.25) is 0 Å². The van der Waals surface area contributed by atoms with Crippen molar-refractivity contribution in [1.29, 1.82) is 0 Å². The van der Waals surface area contributed by atoms with Crippen LogP contribution in [0.5, 0.6) is 0 Å². The van der Waals surface area contributed by atoms with E-state index in [2.05, 4.69) is 15.9 Å². The van der Waals surface area contributed by atoms with Gasteiger partial charge in [-0.05, 0) is 0 Å². The number of nitrogens with zero attached hydrogens (tertiary/aromatic N) is 5. The molecule has 13 heteroatoms. The molecule has 2 aliphatic rings. The van der Waals surface area contributed by atoms with Crippen molar-refractivity contribution >= 4 is 31.6 Å². The van der Waals surface area contributed by atoms with Crippen LogP contribution in [-0.2, 0) is 14.1 Å². The van der Waals surface area contributed by atoms with Crippen molar-refractivity contribution < 1.29 is 28.8 Å². The van der Waals surface area contributed by atoms with Gasteiger partial charge in [-0.25, -0.2) is 0 Å². The molecule has 0 aliphatic carbocycles. The standard InChI is InChI=1S/C29H37N6O6P/c1-2-3-17-41-29(39)34-15-13-33(14-16-34)28(38)24(20-42-40)31-27(37)23-18-25(35-12-8-7-11-22(35)19-36)32-26(30-23)21-9-5-4-6-10-21/h4-6,9-10,18,22,24,36H,2-3,7-8,11-17,19H2,1H3,(H,31,37)/t22?,24-/m0/s1. The van der Waals surface area contributed by atoms with Gasteiger partial charge in [0.05, 0.1) is 0 Å². The van der Waals surface area contributed by atoms with Crippen molar-refractivity contribution in [3.05, 3.63) is 42.1 Å².